The molecule has 0 amide bonds. The molecule has 2 rings (SSSR count). The molecule has 1 aliphatic heterocycles. The molecule has 1 N–H and O–H groups in total. The zero-order chi connectivity index (χ0) is 11.6. The molecular formula is C14H28N2. The largest absolute Gasteiger partial charge is 0.312 e. The Morgan fingerprint density at radius 3 is 2.62 bits per heavy atom. The van der Waals surface area contributed by atoms with Crippen molar-refractivity contribution >= 4 is 0 Å². The highest BCUT2D eigenvalue weighted by Gasteiger charge is 2.36. The van der Waals surface area contributed by atoms with Gasteiger partial charge in [0.25, 0.3) is 0 Å². The lowest BCUT2D eigenvalue weighted by atomic mass is 9.77. The average molecular weight is 224 g/mol. The van der Waals surface area contributed by atoms with Crippen LogP contribution >= 0.6 is 0 Å². The standard InChI is InChI=1S/C14H28N2/c1-4-10-16(12-6-7-12)11-13-14(2,3)8-5-9-15-13/h12-13,15H,4-11H2,1-3H3. The first-order chi connectivity index (χ1) is 7.63. The van der Waals surface area contributed by atoms with Gasteiger partial charge < -0.3 is 5.32 Å². The summed E-state index contributed by atoms with van der Waals surface area (Å²) in [5.41, 5.74) is 0.485. The molecule has 0 aromatic rings. The minimum absolute atomic E-state index is 0.485. The van der Waals surface area contributed by atoms with E-state index >= 15 is 0 Å². The minimum atomic E-state index is 0.485. The van der Waals surface area contributed by atoms with E-state index in [1.807, 2.05) is 0 Å². The van der Waals surface area contributed by atoms with Gasteiger partial charge in [-0.25, -0.2) is 0 Å². The molecule has 1 unspecified atom stereocenters. The molecule has 2 aliphatic rings. The van der Waals surface area contributed by atoms with Gasteiger partial charge >= 0.3 is 0 Å². The van der Waals surface area contributed by atoms with Gasteiger partial charge in [0.05, 0.1) is 0 Å². The van der Waals surface area contributed by atoms with Crippen molar-refractivity contribution in [1.29, 1.82) is 0 Å². The molecule has 1 saturated carbocycles. The maximum absolute atomic E-state index is 3.74. The molecule has 1 atom stereocenters. The second-order valence-electron chi connectivity index (χ2n) is 6.32. The molecule has 2 heteroatoms. The third kappa shape index (κ3) is 2.98. The molecule has 2 nitrogen and oxygen atoms in total. The summed E-state index contributed by atoms with van der Waals surface area (Å²) >= 11 is 0. The number of nitrogens with one attached hydrogen (secondary N) is 1. The topological polar surface area (TPSA) is 15.3 Å². The van der Waals surface area contributed by atoms with Crippen molar-refractivity contribution in [2.75, 3.05) is 19.6 Å². The van der Waals surface area contributed by atoms with Gasteiger partial charge in [0, 0.05) is 18.6 Å². The van der Waals surface area contributed by atoms with E-state index in [1.165, 1.54) is 51.7 Å². The summed E-state index contributed by atoms with van der Waals surface area (Å²) in [6.07, 6.45) is 6.90. The fourth-order valence-corrected chi connectivity index (χ4v) is 2.97. The zero-order valence-electron chi connectivity index (χ0n) is 11.3. The fraction of sp³-hybridized carbons (Fsp3) is 1.00. The Bertz CT molecular complexity index is 221. The van der Waals surface area contributed by atoms with E-state index in [2.05, 4.69) is 31.0 Å². The lowest BCUT2D eigenvalue weighted by molar-refractivity contribution is 0.122. The number of nitrogens with zero attached hydrogens (tertiary/aromatic N) is 1. The Kier molecular flexibility index (Phi) is 3.91. The van der Waals surface area contributed by atoms with Gasteiger partial charge in [-0.1, -0.05) is 20.8 Å². The molecule has 0 radical (unpaired) electrons. The lowest BCUT2D eigenvalue weighted by Gasteiger charge is -2.42. The molecule has 0 aromatic carbocycles. The third-order valence-electron chi connectivity index (χ3n) is 4.32. The summed E-state index contributed by atoms with van der Waals surface area (Å²) in [7, 11) is 0. The van der Waals surface area contributed by atoms with Gasteiger partial charge in [-0.05, 0) is 50.6 Å². The number of rotatable bonds is 5. The first-order valence-electron chi connectivity index (χ1n) is 7.11. The molecule has 0 bridgehead atoms. The quantitative estimate of drug-likeness (QED) is 0.772. The van der Waals surface area contributed by atoms with E-state index in [-0.39, 0.29) is 0 Å². The van der Waals surface area contributed by atoms with Gasteiger partial charge in [-0.2, -0.15) is 0 Å². The predicted octanol–water partition coefficient (Wildman–Crippen LogP) is 2.64. The normalized spacial score (nSPS) is 29.6. The minimum Gasteiger partial charge on any atom is -0.312 e. The summed E-state index contributed by atoms with van der Waals surface area (Å²) in [4.78, 5) is 2.73. The van der Waals surface area contributed by atoms with E-state index < -0.39 is 0 Å². The summed E-state index contributed by atoms with van der Waals surface area (Å²) < 4.78 is 0. The third-order valence-corrected chi connectivity index (χ3v) is 4.32. The Balaban J connectivity index is 1.89. The molecule has 1 aliphatic carbocycles. The molecule has 2 fully saturated rings. The fourth-order valence-electron chi connectivity index (χ4n) is 2.97. The van der Waals surface area contributed by atoms with Crippen LogP contribution in [0.5, 0.6) is 0 Å². The molecule has 1 saturated heterocycles. The lowest BCUT2D eigenvalue weighted by Crippen LogP contribution is -2.53. The maximum atomic E-state index is 3.74. The van der Waals surface area contributed by atoms with Gasteiger partial charge in [0.15, 0.2) is 0 Å². The molecule has 16 heavy (non-hydrogen) atoms. The van der Waals surface area contributed by atoms with Gasteiger partial charge in [-0.15, -0.1) is 0 Å². The summed E-state index contributed by atoms with van der Waals surface area (Å²) in [5.74, 6) is 0. The van der Waals surface area contributed by atoms with E-state index in [0.717, 1.165) is 6.04 Å². The SMILES string of the molecule is CCCN(CC1NCCCC1(C)C)C1CC1. The Morgan fingerprint density at radius 1 is 1.31 bits per heavy atom. The van der Waals surface area contributed by atoms with Crippen LogP contribution < -0.4 is 5.32 Å². The monoisotopic (exact) mass is 224 g/mol. The number of hydrogen-bond donors (Lipinski definition) is 1. The van der Waals surface area contributed by atoms with Crippen LogP contribution in [0, 0.1) is 5.41 Å². The van der Waals surface area contributed by atoms with Crippen molar-refractivity contribution in [3.8, 4) is 0 Å². The van der Waals surface area contributed by atoms with Crippen LogP contribution in [0.2, 0.25) is 0 Å². The average Bonchev–Trinajstić information content (AvgIpc) is 3.03. The highest BCUT2D eigenvalue weighted by atomic mass is 15.2. The van der Waals surface area contributed by atoms with Crippen LogP contribution in [0.25, 0.3) is 0 Å². The Labute approximate surface area is 101 Å². The van der Waals surface area contributed by atoms with Crippen molar-refractivity contribution in [2.45, 2.75) is 65.0 Å². The van der Waals surface area contributed by atoms with Crippen LogP contribution in [0.15, 0.2) is 0 Å². The van der Waals surface area contributed by atoms with Crippen LogP contribution in [0.1, 0.15) is 52.9 Å². The van der Waals surface area contributed by atoms with E-state index in [1.54, 1.807) is 0 Å². The predicted molar refractivity (Wildman–Crippen MR) is 69.7 cm³/mol. The maximum Gasteiger partial charge on any atom is 0.0246 e. The molecule has 94 valence electrons. The number of piperidine rings is 1. The second kappa shape index (κ2) is 5.05. The zero-order valence-corrected chi connectivity index (χ0v) is 11.3. The van der Waals surface area contributed by atoms with Crippen LogP contribution in [0.4, 0.5) is 0 Å². The van der Waals surface area contributed by atoms with Crippen LogP contribution in [0.3, 0.4) is 0 Å². The van der Waals surface area contributed by atoms with E-state index in [4.69, 9.17) is 0 Å². The Hall–Kier alpha value is -0.0800. The summed E-state index contributed by atoms with van der Waals surface area (Å²) in [6, 6.07) is 1.62. The smallest absolute Gasteiger partial charge is 0.0246 e. The molecule has 0 spiro atoms. The highest BCUT2D eigenvalue weighted by molar-refractivity contribution is 4.93. The van der Waals surface area contributed by atoms with Crippen molar-refractivity contribution in [3.05, 3.63) is 0 Å². The highest BCUT2D eigenvalue weighted by Crippen LogP contribution is 2.33. The molecule has 1 heterocycles. The molecule has 0 aromatic heterocycles. The van der Waals surface area contributed by atoms with Gasteiger partial charge in [0.1, 0.15) is 0 Å². The molecular weight excluding hydrogens is 196 g/mol. The van der Waals surface area contributed by atoms with Crippen molar-refractivity contribution in [2.24, 2.45) is 5.41 Å². The number of hydrogen-bond acceptors (Lipinski definition) is 2. The van der Waals surface area contributed by atoms with E-state index in [0.29, 0.717) is 11.5 Å². The van der Waals surface area contributed by atoms with Gasteiger partial charge in [0.2, 0.25) is 0 Å². The first-order valence-corrected chi connectivity index (χ1v) is 7.11. The van der Waals surface area contributed by atoms with Crippen molar-refractivity contribution in [1.82, 2.24) is 10.2 Å². The summed E-state index contributed by atoms with van der Waals surface area (Å²) in [6.45, 7) is 10.9. The van der Waals surface area contributed by atoms with Crippen molar-refractivity contribution < 1.29 is 0 Å². The van der Waals surface area contributed by atoms with Crippen LogP contribution in [-0.2, 0) is 0 Å². The second-order valence-corrected chi connectivity index (χ2v) is 6.32. The first kappa shape index (κ1) is 12.4. The van der Waals surface area contributed by atoms with Crippen LogP contribution in [-0.4, -0.2) is 36.6 Å². The summed E-state index contributed by atoms with van der Waals surface area (Å²) in [5, 5.41) is 3.74. The van der Waals surface area contributed by atoms with Crippen molar-refractivity contribution in [3.63, 3.8) is 0 Å². The van der Waals surface area contributed by atoms with E-state index in [9.17, 15) is 0 Å². The van der Waals surface area contributed by atoms with Gasteiger partial charge in [-0.3, -0.25) is 4.90 Å². The Morgan fingerprint density at radius 2 is 2.06 bits per heavy atom.